The molecule has 3 aromatic heterocycles. The second kappa shape index (κ2) is 6.83. The number of nitrogen functional groups attached to an aromatic ring is 1. The molecular formula is C15H15N7O3. The van der Waals surface area contributed by atoms with Crippen molar-refractivity contribution in [2.24, 2.45) is 0 Å². The summed E-state index contributed by atoms with van der Waals surface area (Å²) in [6.07, 6.45) is 5.00. The zero-order valence-electron chi connectivity index (χ0n) is 13.0. The minimum Gasteiger partial charge on any atom is -0.480 e. The molecule has 10 heteroatoms. The third-order valence-electron chi connectivity index (χ3n) is 3.36. The minimum atomic E-state index is -1.15. The molecule has 0 bridgehead atoms. The zero-order valence-corrected chi connectivity index (χ0v) is 13.0. The first-order valence-corrected chi connectivity index (χ1v) is 7.31. The lowest BCUT2D eigenvalue weighted by Crippen LogP contribution is -2.30. The predicted octanol–water partition coefficient (Wildman–Crippen LogP) is 0.113. The van der Waals surface area contributed by atoms with Gasteiger partial charge in [-0.3, -0.25) is 9.59 Å². The van der Waals surface area contributed by atoms with E-state index in [1.165, 1.54) is 6.20 Å². The Hall–Kier alpha value is -3.69. The van der Waals surface area contributed by atoms with Crippen molar-refractivity contribution >= 4 is 17.6 Å². The highest BCUT2D eigenvalue weighted by Crippen LogP contribution is 2.20. The molecule has 25 heavy (non-hydrogen) atoms. The van der Waals surface area contributed by atoms with Crippen LogP contribution in [0.2, 0.25) is 0 Å². The van der Waals surface area contributed by atoms with Gasteiger partial charge in [-0.25, -0.2) is 9.67 Å². The van der Waals surface area contributed by atoms with Gasteiger partial charge in [0.05, 0.1) is 18.4 Å². The summed E-state index contributed by atoms with van der Waals surface area (Å²) in [4.78, 5) is 29.4. The van der Waals surface area contributed by atoms with E-state index in [0.29, 0.717) is 17.8 Å². The summed E-state index contributed by atoms with van der Waals surface area (Å²) in [6.45, 7) is 0.0351. The van der Waals surface area contributed by atoms with Crippen LogP contribution in [0.25, 0.3) is 11.3 Å². The second-order valence-electron chi connectivity index (χ2n) is 5.23. The Labute approximate surface area is 141 Å². The Morgan fingerprint density at radius 2 is 2.24 bits per heavy atom. The molecule has 0 fully saturated rings. The molecule has 1 amide bonds. The molecule has 3 aromatic rings. The number of rotatable bonds is 6. The third-order valence-corrected chi connectivity index (χ3v) is 3.36. The molecule has 0 saturated carbocycles. The number of carboxylic acids is 1. The number of nitrogens with zero attached hydrogens (tertiary/aromatic N) is 4. The molecule has 0 radical (unpaired) electrons. The summed E-state index contributed by atoms with van der Waals surface area (Å²) in [5.74, 6) is -1.80. The van der Waals surface area contributed by atoms with Crippen LogP contribution in [-0.4, -0.2) is 48.5 Å². The topological polar surface area (TPSA) is 152 Å². The number of hydrogen-bond donors (Lipinski definition) is 4. The van der Waals surface area contributed by atoms with Crippen molar-refractivity contribution in [1.29, 1.82) is 0 Å². The Bertz CT molecular complexity index is 902. The van der Waals surface area contributed by atoms with E-state index in [-0.39, 0.29) is 11.4 Å². The van der Waals surface area contributed by atoms with Gasteiger partial charge < -0.3 is 21.1 Å². The number of carbonyl (C=O) groups is 2. The van der Waals surface area contributed by atoms with Crippen LogP contribution in [-0.2, 0) is 11.3 Å². The van der Waals surface area contributed by atoms with Gasteiger partial charge >= 0.3 is 5.97 Å². The fourth-order valence-electron chi connectivity index (χ4n) is 2.20. The van der Waals surface area contributed by atoms with E-state index >= 15 is 0 Å². The lowest BCUT2D eigenvalue weighted by molar-refractivity contribution is -0.135. The second-order valence-corrected chi connectivity index (χ2v) is 5.23. The summed E-state index contributed by atoms with van der Waals surface area (Å²) in [5.41, 5.74) is 8.08. The summed E-state index contributed by atoms with van der Waals surface area (Å²) < 4.78 is 1.66. The van der Waals surface area contributed by atoms with Crippen molar-refractivity contribution in [1.82, 2.24) is 30.3 Å². The zero-order chi connectivity index (χ0) is 17.8. The minimum absolute atomic E-state index is 0.0382. The smallest absolute Gasteiger partial charge is 0.322 e. The number of carbonyl (C=O) groups excluding carboxylic acids is 1. The van der Waals surface area contributed by atoms with Crippen molar-refractivity contribution in [3.63, 3.8) is 0 Å². The predicted molar refractivity (Wildman–Crippen MR) is 87.5 cm³/mol. The van der Waals surface area contributed by atoms with Crippen molar-refractivity contribution in [2.75, 3.05) is 12.3 Å². The maximum atomic E-state index is 11.8. The first-order valence-electron chi connectivity index (χ1n) is 7.31. The van der Waals surface area contributed by atoms with Crippen molar-refractivity contribution < 1.29 is 14.7 Å². The highest BCUT2D eigenvalue weighted by atomic mass is 16.4. The van der Waals surface area contributed by atoms with Gasteiger partial charge in [-0.2, -0.15) is 0 Å². The largest absolute Gasteiger partial charge is 0.480 e. The highest BCUT2D eigenvalue weighted by molar-refractivity contribution is 5.98. The molecule has 128 valence electrons. The number of pyridine rings is 1. The van der Waals surface area contributed by atoms with Crippen LogP contribution in [0.15, 0.2) is 36.8 Å². The summed E-state index contributed by atoms with van der Waals surface area (Å²) in [7, 11) is 0. The van der Waals surface area contributed by atoms with Crippen LogP contribution in [0.3, 0.4) is 0 Å². The standard InChI is InChI=1S/C15H15N7O3/c16-11-4-9(5-18-14(11)15(25)19-6-13(23)24)12-8-22(21-20-12)7-10-2-1-3-17-10/h1-5,8,17H,6-7,16H2,(H,19,25)(H,23,24). The number of aliphatic carboxylic acids is 1. The molecule has 0 spiro atoms. The van der Waals surface area contributed by atoms with E-state index in [1.807, 2.05) is 18.3 Å². The number of amides is 1. The van der Waals surface area contributed by atoms with Gasteiger partial charge in [-0.15, -0.1) is 5.10 Å². The van der Waals surface area contributed by atoms with Gasteiger partial charge in [0.25, 0.3) is 5.91 Å². The molecular weight excluding hydrogens is 326 g/mol. The quantitative estimate of drug-likeness (QED) is 0.496. The number of anilines is 1. The lowest BCUT2D eigenvalue weighted by atomic mass is 10.1. The van der Waals surface area contributed by atoms with Crippen LogP contribution in [0.1, 0.15) is 16.2 Å². The van der Waals surface area contributed by atoms with Gasteiger partial charge in [0.15, 0.2) is 5.69 Å². The molecule has 5 N–H and O–H groups in total. The van der Waals surface area contributed by atoms with Crippen LogP contribution >= 0.6 is 0 Å². The van der Waals surface area contributed by atoms with E-state index in [9.17, 15) is 9.59 Å². The number of hydrogen-bond acceptors (Lipinski definition) is 6. The maximum Gasteiger partial charge on any atom is 0.322 e. The first-order chi connectivity index (χ1) is 12.0. The summed E-state index contributed by atoms with van der Waals surface area (Å²) in [6, 6.07) is 5.38. The van der Waals surface area contributed by atoms with E-state index < -0.39 is 18.4 Å². The highest BCUT2D eigenvalue weighted by Gasteiger charge is 2.14. The Morgan fingerprint density at radius 3 is 2.92 bits per heavy atom. The number of nitrogens with two attached hydrogens (primary N) is 1. The Kier molecular flexibility index (Phi) is 4.42. The maximum absolute atomic E-state index is 11.8. The van der Waals surface area contributed by atoms with Crippen LogP contribution in [0.4, 0.5) is 5.69 Å². The van der Waals surface area contributed by atoms with E-state index in [1.54, 1.807) is 16.9 Å². The number of aromatic amines is 1. The molecule has 0 unspecified atom stereocenters. The molecule has 0 aromatic carbocycles. The normalized spacial score (nSPS) is 10.6. The van der Waals surface area contributed by atoms with E-state index in [0.717, 1.165) is 5.69 Å². The van der Waals surface area contributed by atoms with Crippen LogP contribution in [0.5, 0.6) is 0 Å². The number of carboxylic acid groups (broad SMARTS) is 1. The summed E-state index contributed by atoms with van der Waals surface area (Å²) >= 11 is 0. The molecule has 3 heterocycles. The average molecular weight is 341 g/mol. The van der Waals surface area contributed by atoms with Crippen molar-refractivity contribution in [2.45, 2.75) is 6.54 Å². The fraction of sp³-hybridized carbons (Fsp3) is 0.133. The van der Waals surface area contributed by atoms with Crippen molar-refractivity contribution in [3.05, 3.63) is 48.2 Å². The SMILES string of the molecule is Nc1cc(-c2cn(Cc3ccc[nH]3)nn2)cnc1C(=O)NCC(=O)O. The molecule has 0 aliphatic rings. The third kappa shape index (κ3) is 3.80. The molecule has 0 aliphatic heterocycles. The van der Waals surface area contributed by atoms with Gasteiger partial charge in [0.2, 0.25) is 0 Å². The van der Waals surface area contributed by atoms with Gasteiger partial charge in [-0.1, -0.05) is 5.21 Å². The van der Waals surface area contributed by atoms with E-state index in [4.69, 9.17) is 10.8 Å². The molecule has 0 aliphatic carbocycles. The molecule has 10 nitrogen and oxygen atoms in total. The van der Waals surface area contributed by atoms with Gasteiger partial charge in [0.1, 0.15) is 12.2 Å². The van der Waals surface area contributed by atoms with Crippen LogP contribution < -0.4 is 11.1 Å². The number of nitrogens with one attached hydrogen (secondary N) is 2. The van der Waals surface area contributed by atoms with Gasteiger partial charge in [0, 0.05) is 23.7 Å². The molecule has 0 atom stereocenters. The summed E-state index contributed by atoms with van der Waals surface area (Å²) in [5, 5.41) is 18.9. The van der Waals surface area contributed by atoms with Crippen LogP contribution in [0, 0.1) is 0 Å². The van der Waals surface area contributed by atoms with Gasteiger partial charge in [-0.05, 0) is 18.2 Å². The molecule has 0 saturated heterocycles. The van der Waals surface area contributed by atoms with E-state index in [2.05, 4.69) is 25.6 Å². The molecule has 3 rings (SSSR count). The fourth-order valence-corrected chi connectivity index (χ4v) is 2.20. The number of H-pyrrole nitrogens is 1. The average Bonchev–Trinajstić information content (AvgIpc) is 3.25. The Morgan fingerprint density at radius 1 is 1.40 bits per heavy atom. The Balaban J connectivity index is 1.75. The number of aromatic nitrogens is 5. The lowest BCUT2D eigenvalue weighted by Gasteiger charge is -2.06. The first kappa shape index (κ1) is 16.2. The van der Waals surface area contributed by atoms with Crippen molar-refractivity contribution in [3.8, 4) is 11.3 Å². The monoisotopic (exact) mass is 341 g/mol.